The lowest BCUT2D eigenvalue weighted by atomic mass is 9.90. The van der Waals surface area contributed by atoms with Crippen molar-refractivity contribution >= 4 is 64.5 Å². The van der Waals surface area contributed by atoms with Crippen LogP contribution in [-0.2, 0) is 0 Å². The molecule has 0 atom stereocenters. The van der Waals surface area contributed by atoms with Crippen LogP contribution in [0.15, 0.2) is 175 Å². The van der Waals surface area contributed by atoms with Crippen molar-refractivity contribution in [2.75, 3.05) is 0 Å². The summed E-state index contributed by atoms with van der Waals surface area (Å²) in [5.74, 6) is 0.668. The van der Waals surface area contributed by atoms with Gasteiger partial charge in [-0.25, -0.2) is 19.9 Å². The number of para-hydroxylation sites is 1. The molecule has 11 rings (SSSR count). The van der Waals surface area contributed by atoms with E-state index in [1.165, 1.54) is 20.2 Å². The van der Waals surface area contributed by atoms with Gasteiger partial charge >= 0.3 is 0 Å². The first-order chi connectivity index (χ1) is 26.7. The molecule has 0 N–H and O–H groups in total. The monoisotopic (exact) mass is 708 g/mol. The summed E-state index contributed by atoms with van der Waals surface area (Å²) >= 11 is 1.83. The van der Waals surface area contributed by atoms with Crippen LogP contribution in [0.2, 0.25) is 0 Å². The molecule has 0 amide bonds. The first kappa shape index (κ1) is 30.6. The summed E-state index contributed by atoms with van der Waals surface area (Å²) in [6.07, 6.45) is 3.79. The molecule has 0 unspecified atom stereocenters. The number of rotatable bonds is 5. The Bertz CT molecular complexity index is 3220. The number of hydrogen-bond donors (Lipinski definition) is 0. The largest absolute Gasteiger partial charge is 0.456 e. The molecule has 0 aliphatic heterocycles. The minimum absolute atomic E-state index is 0.668. The van der Waals surface area contributed by atoms with E-state index in [-0.39, 0.29) is 0 Å². The second kappa shape index (κ2) is 12.3. The summed E-state index contributed by atoms with van der Waals surface area (Å²) in [4.78, 5) is 19.7. The number of aromatic nitrogens is 4. The fraction of sp³-hybridized carbons (Fsp3) is 0. The third-order valence-electron chi connectivity index (χ3n) is 10.2. The maximum Gasteiger partial charge on any atom is 0.160 e. The molecular weight excluding hydrogens is 681 g/mol. The minimum atomic E-state index is 0.668. The normalized spacial score (nSPS) is 11.7. The second-order valence-electron chi connectivity index (χ2n) is 13.4. The molecule has 0 aliphatic rings. The quantitative estimate of drug-likeness (QED) is 0.178. The Balaban J connectivity index is 1.07. The molecule has 6 heteroatoms. The molecule has 5 heterocycles. The molecular formula is C48H28N4OS. The Labute approximate surface area is 313 Å². The van der Waals surface area contributed by atoms with Gasteiger partial charge in [-0.3, -0.25) is 0 Å². The van der Waals surface area contributed by atoms with E-state index in [2.05, 4.69) is 120 Å². The van der Waals surface area contributed by atoms with Crippen molar-refractivity contribution in [1.82, 2.24) is 19.9 Å². The summed E-state index contributed by atoms with van der Waals surface area (Å²) in [6.45, 7) is 0. The highest BCUT2D eigenvalue weighted by Crippen LogP contribution is 2.44. The lowest BCUT2D eigenvalue weighted by Gasteiger charge is -2.15. The van der Waals surface area contributed by atoms with Gasteiger partial charge in [0.25, 0.3) is 0 Å². The Morgan fingerprint density at radius 2 is 1.15 bits per heavy atom. The molecule has 0 bridgehead atoms. The standard InChI is InChI=1S/C48H28N4OS/c1-2-10-31(11-3-1)47-51-39(27-40(52-47)32-23-24-34-33-12-4-6-16-41(33)53-42(34)26-32)29-19-21-30(22-20-29)45-37-15-9-25-49-48(37)50-28-38(45)35-14-8-18-44-46(35)36-13-5-7-17-43(36)54-44/h1-28H. The highest BCUT2D eigenvalue weighted by atomic mass is 32.1. The van der Waals surface area contributed by atoms with Gasteiger partial charge in [0.15, 0.2) is 11.5 Å². The first-order valence-electron chi connectivity index (χ1n) is 17.9. The van der Waals surface area contributed by atoms with Gasteiger partial charge in [0.05, 0.1) is 11.4 Å². The number of furan rings is 1. The average molecular weight is 709 g/mol. The molecule has 0 saturated heterocycles. The van der Waals surface area contributed by atoms with Gasteiger partial charge in [-0.2, -0.15) is 0 Å². The zero-order valence-corrected chi connectivity index (χ0v) is 29.6. The summed E-state index contributed by atoms with van der Waals surface area (Å²) < 4.78 is 8.79. The predicted molar refractivity (Wildman–Crippen MR) is 222 cm³/mol. The van der Waals surface area contributed by atoms with Crippen LogP contribution < -0.4 is 0 Å². The van der Waals surface area contributed by atoms with Gasteiger partial charge in [-0.1, -0.05) is 109 Å². The lowest BCUT2D eigenvalue weighted by molar-refractivity contribution is 0.669. The molecule has 11 aromatic rings. The SMILES string of the molecule is c1ccc(-c2nc(-c3ccc(-c4c(-c5cccc6sc7ccccc7c56)cnc5ncccc45)cc3)cc(-c3ccc4c(c3)oc3ccccc34)n2)cc1. The lowest BCUT2D eigenvalue weighted by Crippen LogP contribution is -1.96. The van der Waals surface area contributed by atoms with Gasteiger partial charge in [0.2, 0.25) is 0 Å². The summed E-state index contributed by atoms with van der Waals surface area (Å²) in [5.41, 5.74) is 11.4. The van der Waals surface area contributed by atoms with Crippen molar-refractivity contribution in [3.05, 3.63) is 170 Å². The highest BCUT2D eigenvalue weighted by molar-refractivity contribution is 7.25. The molecule has 0 saturated carbocycles. The first-order valence-corrected chi connectivity index (χ1v) is 18.7. The zero-order chi connectivity index (χ0) is 35.6. The molecule has 6 aromatic carbocycles. The molecule has 0 fully saturated rings. The van der Waals surface area contributed by atoms with Crippen molar-refractivity contribution in [3.63, 3.8) is 0 Å². The highest BCUT2D eigenvalue weighted by Gasteiger charge is 2.19. The second-order valence-corrected chi connectivity index (χ2v) is 14.5. The number of nitrogens with zero attached hydrogens (tertiary/aromatic N) is 4. The molecule has 54 heavy (non-hydrogen) atoms. The van der Waals surface area contributed by atoms with Gasteiger partial charge in [-0.05, 0) is 59.7 Å². The van der Waals surface area contributed by atoms with Crippen molar-refractivity contribution in [1.29, 1.82) is 0 Å². The Morgan fingerprint density at radius 1 is 0.444 bits per heavy atom. The van der Waals surface area contributed by atoms with Crippen LogP contribution in [0.1, 0.15) is 0 Å². The number of thiophene rings is 1. The van der Waals surface area contributed by atoms with Crippen LogP contribution in [-0.4, -0.2) is 19.9 Å². The van der Waals surface area contributed by atoms with E-state index in [4.69, 9.17) is 19.4 Å². The molecule has 0 aliphatic carbocycles. The van der Waals surface area contributed by atoms with Crippen molar-refractivity contribution in [2.24, 2.45) is 0 Å². The number of fused-ring (bicyclic) bond motifs is 7. The van der Waals surface area contributed by atoms with Gasteiger partial charge in [0, 0.05) is 76.5 Å². The van der Waals surface area contributed by atoms with Crippen molar-refractivity contribution < 1.29 is 4.42 Å². The van der Waals surface area contributed by atoms with Gasteiger partial charge < -0.3 is 4.42 Å². The minimum Gasteiger partial charge on any atom is -0.456 e. The van der Waals surface area contributed by atoms with Gasteiger partial charge in [-0.15, -0.1) is 11.3 Å². The third kappa shape index (κ3) is 4.99. The van der Waals surface area contributed by atoms with E-state index in [1.807, 2.05) is 60.0 Å². The predicted octanol–water partition coefficient (Wildman–Crippen LogP) is 13.0. The molecule has 5 aromatic heterocycles. The molecule has 252 valence electrons. The van der Waals surface area contributed by atoms with Crippen LogP contribution in [0.25, 0.3) is 109 Å². The third-order valence-corrected chi connectivity index (χ3v) is 11.4. The fourth-order valence-electron chi connectivity index (χ4n) is 7.70. The molecule has 0 spiro atoms. The zero-order valence-electron chi connectivity index (χ0n) is 28.8. The topological polar surface area (TPSA) is 64.7 Å². The van der Waals surface area contributed by atoms with Crippen LogP contribution >= 0.6 is 11.3 Å². The number of benzene rings is 6. The Hall–Kier alpha value is -7.02. The number of pyridine rings is 2. The van der Waals surface area contributed by atoms with Crippen LogP contribution in [0.5, 0.6) is 0 Å². The Morgan fingerprint density at radius 3 is 2.04 bits per heavy atom. The van der Waals surface area contributed by atoms with E-state index in [0.29, 0.717) is 5.82 Å². The smallest absolute Gasteiger partial charge is 0.160 e. The van der Waals surface area contributed by atoms with E-state index < -0.39 is 0 Å². The maximum absolute atomic E-state index is 6.26. The fourth-order valence-corrected chi connectivity index (χ4v) is 8.83. The molecule has 0 radical (unpaired) electrons. The van der Waals surface area contributed by atoms with Crippen LogP contribution in [0.3, 0.4) is 0 Å². The van der Waals surface area contributed by atoms with Crippen LogP contribution in [0, 0.1) is 0 Å². The van der Waals surface area contributed by atoms with Crippen molar-refractivity contribution in [2.45, 2.75) is 0 Å². The van der Waals surface area contributed by atoms with E-state index >= 15 is 0 Å². The molecule has 5 nitrogen and oxygen atoms in total. The summed E-state index contributed by atoms with van der Waals surface area (Å²) in [5, 5.41) is 5.71. The average Bonchev–Trinajstić information content (AvgIpc) is 3.82. The maximum atomic E-state index is 6.26. The van der Waals surface area contributed by atoms with Crippen molar-refractivity contribution in [3.8, 4) is 56.2 Å². The summed E-state index contributed by atoms with van der Waals surface area (Å²) in [6, 6.07) is 54.7. The van der Waals surface area contributed by atoms with E-state index in [9.17, 15) is 0 Å². The van der Waals surface area contributed by atoms with E-state index in [0.717, 1.165) is 83.3 Å². The van der Waals surface area contributed by atoms with Crippen LogP contribution in [0.4, 0.5) is 0 Å². The summed E-state index contributed by atoms with van der Waals surface area (Å²) in [7, 11) is 0. The number of hydrogen-bond acceptors (Lipinski definition) is 6. The van der Waals surface area contributed by atoms with E-state index in [1.54, 1.807) is 6.20 Å². The Kier molecular flexibility index (Phi) is 6.97. The van der Waals surface area contributed by atoms with Gasteiger partial charge in [0.1, 0.15) is 11.2 Å².